The molecule has 0 heterocycles. The summed E-state index contributed by atoms with van der Waals surface area (Å²) in [6.07, 6.45) is 2.40. The topological polar surface area (TPSA) is 50.8 Å². The highest BCUT2D eigenvalue weighted by molar-refractivity contribution is 4.78. The maximum Gasteiger partial charge on any atom is 0.179 e. The van der Waals surface area contributed by atoms with Crippen molar-refractivity contribution in [3.05, 3.63) is 0 Å². The van der Waals surface area contributed by atoms with Gasteiger partial charge in [0, 0.05) is 13.1 Å². The summed E-state index contributed by atoms with van der Waals surface area (Å²) >= 11 is 0. The maximum atomic E-state index is 8.32. The smallest absolute Gasteiger partial charge is 0.179 e. The zero-order valence-corrected chi connectivity index (χ0v) is 5.46. The van der Waals surface area contributed by atoms with Crippen LogP contribution in [0.25, 0.3) is 0 Å². The van der Waals surface area contributed by atoms with Crippen LogP contribution >= 0.6 is 0 Å². The van der Waals surface area contributed by atoms with Gasteiger partial charge in [-0.1, -0.05) is 0 Å². The van der Waals surface area contributed by atoms with Crippen LogP contribution in [-0.2, 0) is 0 Å². The Bertz CT molecular complexity index is 139. The van der Waals surface area contributed by atoms with Gasteiger partial charge in [0.1, 0.15) is 0 Å². The summed E-state index contributed by atoms with van der Waals surface area (Å²) in [4.78, 5) is 1.54. The summed E-state index contributed by atoms with van der Waals surface area (Å²) in [6.45, 7) is 3.14. The number of rotatable bonds is 3. The standard InChI is InChI=1S/C6H9N3/c1-2-9(6-8)5-3-4-7/h2-3,5H2,1H3. The molecule has 0 aliphatic rings. The van der Waals surface area contributed by atoms with Crippen LogP contribution in [0.1, 0.15) is 13.3 Å². The molecule has 9 heavy (non-hydrogen) atoms. The zero-order chi connectivity index (χ0) is 7.11. The Kier molecular flexibility index (Phi) is 4.26. The third-order valence-corrected chi connectivity index (χ3v) is 1.02. The van der Waals surface area contributed by atoms with Crippen molar-refractivity contribution in [3.63, 3.8) is 0 Å². The summed E-state index contributed by atoms with van der Waals surface area (Å²) in [7, 11) is 0. The Hall–Kier alpha value is -1.22. The molecular formula is C6H9N3. The minimum atomic E-state index is 0.432. The lowest BCUT2D eigenvalue weighted by Crippen LogP contribution is -2.17. The molecule has 0 aromatic rings. The molecule has 0 fully saturated rings. The number of hydrogen-bond acceptors (Lipinski definition) is 3. The average Bonchev–Trinajstić information content (AvgIpc) is 1.91. The van der Waals surface area contributed by atoms with Crippen LogP contribution in [0, 0.1) is 22.8 Å². The SMILES string of the molecule is CCN(C#N)CCC#N. The van der Waals surface area contributed by atoms with Gasteiger partial charge in [-0.05, 0) is 6.92 Å². The predicted octanol–water partition coefficient (Wildman–Crippen LogP) is 0.703. The lowest BCUT2D eigenvalue weighted by atomic mass is 10.4. The molecule has 0 aromatic heterocycles. The second-order valence-corrected chi connectivity index (χ2v) is 1.59. The van der Waals surface area contributed by atoms with Gasteiger partial charge in [0.2, 0.25) is 0 Å². The number of hydrogen-bond donors (Lipinski definition) is 0. The molecule has 3 heteroatoms. The lowest BCUT2D eigenvalue weighted by molar-refractivity contribution is 0.422. The number of nitrogens with zero attached hydrogens (tertiary/aromatic N) is 3. The highest BCUT2D eigenvalue weighted by atomic mass is 15.1. The Morgan fingerprint density at radius 2 is 2.11 bits per heavy atom. The van der Waals surface area contributed by atoms with Gasteiger partial charge in [0.25, 0.3) is 0 Å². The molecule has 3 nitrogen and oxygen atoms in total. The van der Waals surface area contributed by atoms with Crippen molar-refractivity contribution in [1.82, 2.24) is 4.90 Å². The second-order valence-electron chi connectivity index (χ2n) is 1.59. The van der Waals surface area contributed by atoms with Crippen molar-refractivity contribution in [2.45, 2.75) is 13.3 Å². The maximum absolute atomic E-state index is 8.32. The molecule has 0 aromatic carbocycles. The van der Waals surface area contributed by atoms with E-state index in [4.69, 9.17) is 10.5 Å². The van der Waals surface area contributed by atoms with Gasteiger partial charge < -0.3 is 4.90 Å². The van der Waals surface area contributed by atoms with E-state index in [2.05, 4.69) is 0 Å². The van der Waals surface area contributed by atoms with Crippen molar-refractivity contribution < 1.29 is 0 Å². The molecule has 0 saturated heterocycles. The Balaban J connectivity index is 3.37. The van der Waals surface area contributed by atoms with Gasteiger partial charge in [0.15, 0.2) is 6.19 Å². The largest absolute Gasteiger partial charge is 0.310 e. The van der Waals surface area contributed by atoms with Gasteiger partial charge >= 0.3 is 0 Å². The van der Waals surface area contributed by atoms with Gasteiger partial charge in [-0.15, -0.1) is 0 Å². The quantitative estimate of drug-likeness (QED) is 0.410. The molecule has 0 aliphatic carbocycles. The first-order valence-corrected chi connectivity index (χ1v) is 2.86. The van der Waals surface area contributed by atoms with Crippen molar-refractivity contribution in [1.29, 1.82) is 10.5 Å². The molecule has 0 radical (unpaired) electrons. The normalized spacial score (nSPS) is 7.44. The van der Waals surface area contributed by atoms with Gasteiger partial charge in [0.05, 0.1) is 12.5 Å². The van der Waals surface area contributed by atoms with Gasteiger partial charge in [-0.3, -0.25) is 0 Å². The summed E-state index contributed by atoms with van der Waals surface area (Å²) in [5.41, 5.74) is 0. The molecule has 0 bridgehead atoms. The monoisotopic (exact) mass is 123 g/mol. The molecule has 0 aliphatic heterocycles. The van der Waals surface area contributed by atoms with Crippen molar-refractivity contribution in [2.24, 2.45) is 0 Å². The first-order valence-electron chi connectivity index (χ1n) is 2.86. The van der Waals surface area contributed by atoms with E-state index in [1.807, 2.05) is 19.2 Å². The van der Waals surface area contributed by atoms with Crippen molar-refractivity contribution in [3.8, 4) is 12.3 Å². The fourth-order valence-corrected chi connectivity index (χ4v) is 0.464. The fourth-order valence-electron chi connectivity index (χ4n) is 0.464. The molecule has 0 N–H and O–H groups in total. The van der Waals surface area contributed by atoms with Crippen LogP contribution < -0.4 is 0 Å². The summed E-state index contributed by atoms with van der Waals surface area (Å²) in [6, 6.07) is 1.97. The molecule has 0 amide bonds. The van der Waals surface area contributed by atoms with Crippen LogP contribution in [0.2, 0.25) is 0 Å². The highest BCUT2D eigenvalue weighted by Crippen LogP contribution is 1.85. The third-order valence-electron chi connectivity index (χ3n) is 1.02. The first-order chi connectivity index (χ1) is 4.35. The van der Waals surface area contributed by atoms with E-state index in [0.29, 0.717) is 19.5 Å². The van der Waals surface area contributed by atoms with Crippen LogP contribution in [0.4, 0.5) is 0 Å². The van der Waals surface area contributed by atoms with E-state index in [9.17, 15) is 0 Å². The Morgan fingerprint density at radius 1 is 1.44 bits per heavy atom. The Morgan fingerprint density at radius 3 is 2.44 bits per heavy atom. The average molecular weight is 123 g/mol. The Labute approximate surface area is 55.1 Å². The number of nitriles is 2. The molecule has 0 atom stereocenters. The lowest BCUT2D eigenvalue weighted by Gasteiger charge is -2.08. The van der Waals surface area contributed by atoms with Crippen LogP contribution in [0.3, 0.4) is 0 Å². The molecule has 0 spiro atoms. The summed E-state index contributed by atoms with van der Waals surface area (Å²) in [5, 5.41) is 16.4. The molecule has 48 valence electrons. The van der Waals surface area contributed by atoms with Crippen molar-refractivity contribution in [2.75, 3.05) is 13.1 Å². The second kappa shape index (κ2) is 4.93. The van der Waals surface area contributed by atoms with E-state index in [-0.39, 0.29) is 0 Å². The highest BCUT2D eigenvalue weighted by Gasteiger charge is 1.93. The van der Waals surface area contributed by atoms with E-state index < -0.39 is 0 Å². The summed E-state index contributed by atoms with van der Waals surface area (Å²) in [5.74, 6) is 0. The van der Waals surface area contributed by atoms with Crippen LogP contribution in [0.15, 0.2) is 0 Å². The zero-order valence-electron chi connectivity index (χ0n) is 5.46. The molecule has 0 saturated carbocycles. The first kappa shape index (κ1) is 7.78. The predicted molar refractivity (Wildman–Crippen MR) is 33.1 cm³/mol. The van der Waals surface area contributed by atoms with E-state index in [0.717, 1.165) is 0 Å². The molecule has 0 rings (SSSR count). The van der Waals surface area contributed by atoms with Crippen LogP contribution in [0.5, 0.6) is 0 Å². The van der Waals surface area contributed by atoms with Gasteiger partial charge in [-0.25, -0.2) is 0 Å². The van der Waals surface area contributed by atoms with E-state index in [1.165, 1.54) is 0 Å². The van der Waals surface area contributed by atoms with Gasteiger partial charge in [-0.2, -0.15) is 10.5 Å². The molecule has 0 unspecified atom stereocenters. The van der Waals surface area contributed by atoms with Crippen molar-refractivity contribution >= 4 is 0 Å². The molecular weight excluding hydrogens is 114 g/mol. The van der Waals surface area contributed by atoms with Crippen LogP contribution in [-0.4, -0.2) is 18.0 Å². The third kappa shape index (κ3) is 3.37. The van der Waals surface area contributed by atoms with E-state index >= 15 is 0 Å². The fraction of sp³-hybridized carbons (Fsp3) is 0.667. The minimum Gasteiger partial charge on any atom is -0.310 e. The summed E-state index contributed by atoms with van der Waals surface area (Å²) < 4.78 is 0. The minimum absolute atomic E-state index is 0.432. The van der Waals surface area contributed by atoms with E-state index in [1.54, 1.807) is 4.90 Å².